The van der Waals surface area contributed by atoms with Gasteiger partial charge < -0.3 is 15.5 Å². The van der Waals surface area contributed by atoms with Crippen LogP contribution in [0.2, 0.25) is 0 Å². The molecule has 3 rings (SSSR count). The van der Waals surface area contributed by atoms with Gasteiger partial charge in [0, 0.05) is 32.2 Å². The highest BCUT2D eigenvalue weighted by molar-refractivity contribution is 5.91. The third-order valence-electron chi connectivity index (χ3n) is 4.58. The number of aromatic nitrogens is 3. The lowest BCUT2D eigenvalue weighted by molar-refractivity contribution is 0.0942. The second-order valence-corrected chi connectivity index (χ2v) is 6.07. The van der Waals surface area contributed by atoms with Crippen LogP contribution >= 0.6 is 0 Å². The molecule has 1 aromatic heterocycles. The van der Waals surface area contributed by atoms with Gasteiger partial charge in [0.15, 0.2) is 5.69 Å². The summed E-state index contributed by atoms with van der Waals surface area (Å²) in [6.07, 6.45) is 6.98. The number of hydrogen-bond acceptors (Lipinski definition) is 5. The Labute approximate surface area is 125 Å². The van der Waals surface area contributed by atoms with E-state index in [1.165, 1.54) is 25.7 Å². The number of likely N-dealkylation sites (N-methyl/N-ethyl adjacent to an activating group) is 1. The van der Waals surface area contributed by atoms with Crippen molar-refractivity contribution in [3.8, 4) is 0 Å². The molecule has 0 unspecified atom stereocenters. The number of rotatable bonds is 6. The summed E-state index contributed by atoms with van der Waals surface area (Å²) in [6.45, 7) is 3.34. The molecule has 0 bridgehead atoms. The lowest BCUT2D eigenvalue weighted by atomic mass is 10.2. The van der Waals surface area contributed by atoms with Gasteiger partial charge in [-0.3, -0.25) is 4.79 Å². The third kappa shape index (κ3) is 3.41. The van der Waals surface area contributed by atoms with E-state index in [4.69, 9.17) is 0 Å². The topological polar surface area (TPSA) is 75.1 Å². The quantitative estimate of drug-likeness (QED) is 0.773. The zero-order valence-corrected chi connectivity index (χ0v) is 12.6. The summed E-state index contributed by atoms with van der Waals surface area (Å²) in [5.74, 6) is -0.131. The van der Waals surface area contributed by atoms with Gasteiger partial charge in [0.25, 0.3) is 5.91 Å². The molecule has 0 atom stereocenters. The zero-order valence-electron chi connectivity index (χ0n) is 12.6. The number of amides is 1. The van der Waals surface area contributed by atoms with E-state index >= 15 is 0 Å². The molecular weight excluding hydrogens is 268 g/mol. The molecule has 116 valence electrons. The number of nitrogens with zero attached hydrogens (tertiary/aromatic N) is 4. The lowest BCUT2D eigenvalue weighted by Crippen LogP contribution is -2.43. The minimum atomic E-state index is -0.131. The minimum absolute atomic E-state index is 0.131. The maximum absolute atomic E-state index is 12.0. The monoisotopic (exact) mass is 292 g/mol. The molecule has 1 saturated heterocycles. The second kappa shape index (κ2) is 6.53. The molecule has 2 aliphatic rings. The molecule has 1 aliphatic carbocycles. The summed E-state index contributed by atoms with van der Waals surface area (Å²) in [6, 6.07) is 1.03. The summed E-state index contributed by atoms with van der Waals surface area (Å²) in [7, 11) is 2.14. The van der Waals surface area contributed by atoms with E-state index < -0.39 is 0 Å². The van der Waals surface area contributed by atoms with Gasteiger partial charge in [-0.2, -0.15) is 0 Å². The van der Waals surface area contributed by atoms with Crippen molar-refractivity contribution in [3.63, 3.8) is 0 Å². The minimum Gasteiger partial charge on any atom is -0.349 e. The molecule has 1 aliphatic heterocycles. The molecule has 2 heterocycles. The average Bonchev–Trinajstić information content (AvgIpc) is 3.07. The molecule has 0 aromatic carbocycles. The third-order valence-corrected chi connectivity index (χ3v) is 4.58. The van der Waals surface area contributed by atoms with Crippen LogP contribution in [0, 0.1) is 0 Å². The first-order chi connectivity index (χ1) is 10.2. The fourth-order valence-electron chi connectivity index (χ4n) is 2.98. The first-order valence-electron chi connectivity index (χ1n) is 7.85. The number of carbonyl (C=O) groups excluding carboxylic acids is 1. The molecule has 7 heteroatoms. The van der Waals surface area contributed by atoms with Crippen LogP contribution in [0.3, 0.4) is 0 Å². The van der Waals surface area contributed by atoms with Crippen molar-refractivity contribution in [2.75, 3.05) is 33.2 Å². The normalized spacial score (nSPS) is 19.9. The van der Waals surface area contributed by atoms with Crippen LogP contribution in [0.5, 0.6) is 0 Å². The standard InChI is InChI=1S/C14H24N6O/c1-19(11-4-2-3-5-11)7-6-16-14(21)13-10-20(18-17-13)12-8-15-9-12/h10-12,15H,2-9H2,1H3,(H,16,21). The molecule has 1 aromatic rings. The maximum Gasteiger partial charge on any atom is 0.273 e. The van der Waals surface area contributed by atoms with Crippen LogP contribution in [0.25, 0.3) is 0 Å². The molecule has 7 nitrogen and oxygen atoms in total. The average molecular weight is 292 g/mol. The Morgan fingerprint density at radius 3 is 2.90 bits per heavy atom. The molecule has 0 radical (unpaired) electrons. The van der Waals surface area contributed by atoms with Crippen molar-refractivity contribution >= 4 is 5.91 Å². The Morgan fingerprint density at radius 2 is 2.24 bits per heavy atom. The summed E-state index contributed by atoms with van der Waals surface area (Å²) in [5, 5.41) is 14.1. The highest BCUT2D eigenvalue weighted by Gasteiger charge is 2.22. The van der Waals surface area contributed by atoms with Crippen molar-refractivity contribution in [2.24, 2.45) is 0 Å². The summed E-state index contributed by atoms with van der Waals surface area (Å²) in [4.78, 5) is 14.4. The molecule has 1 amide bonds. The van der Waals surface area contributed by atoms with Crippen molar-refractivity contribution in [2.45, 2.75) is 37.8 Å². The van der Waals surface area contributed by atoms with Gasteiger partial charge in [0.05, 0.1) is 12.2 Å². The summed E-state index contributed by atoms with van der Waals surface area (Å²) in [5.41, 5.74) is 0.408. The highest BCUT2D eigenvalue weighted by Crippen LogP contribution is 2.21. The van der Waals surface area contributed by atoms with Crippen molar-refractivity contribution in [1.82, 2.24) is 30.5 Å². The number of hydrogen-bond donors (Lipinski definition) is 2. The van der Waals surface area contributed by atoms with Crippen LogP contribution in [0.15, 0.2) is 6.20 Å². The Balaban J connectivity index is 1.42. The van der Waals surface area contributed by atoms with Crippen LogP contribution in [-0.2, 0) is 0 Å². The van der Waals surface area contributed by atoms with Crippen molar-refractivity contribution < 1.29 is 4.79 Å². The van der Waals surface area contributed by atoms with Gasteiger partial charge >= 0.3 is 0 Å². The predicted molar refractivity (Wildman–Crippen MR) is 79.1 cm³/mol. The van der Waals surface area contributed by atoms with Crippen molar-refractivity contribution in [3.05, 3.63) is 11.9 Å². The fraction of sp³-hybridized carbons (Fsp3) is 0.786. The van der Waals surface area contributed by atoms with E-state index in [9.17, 15) is 4.79 Å². The fourth-order valence-corrected chi connectivity index (χ4v) is 2.98. The molecule has 21 heavy (non-hydrogen) atoms. The van der Waals surface area contributed by atoms with E-state index in [2.05, 4.69) is 32.9 Å². The van der Waals surface area contributed by atoms with Crippen LogP contribution in [0.1, 0.15) is 42.2 Å². The van der Waals surface area contributed by atoms with E-state index in [0.717, 1.165) is 19.6 Å². The Kier molecular flexibility index (Phi) is 4.50. The first-order valence-corrected chi connectivity index (χ1v) is 7.85. The van der Waals surface area contributed by atoms with E-state index in [-0.39, 0.29) is 5.91 Å². The Morgan fingerprint density at radius 1 is 1.48 bits per heavy atom. The van der Waals surface area contributed by atoms with Crippen LogP contribution in [-0.4, -0.2) is 65.1 Å². The number of nitrogens with one attached hydrogen (secondary N) is 2. The van der Waals surface area contributed by atoms with Gasteiger partial charge in [-0.05, 0) is 19.9 Å². The van der Waals surface area contributed by atoms with E-state index in [0.29, 0.717) is 24.3 Å². The van der Waals surface area contributed by atoms with Crippen LogP contribution in [0.4, 0.5) is 0 Å². The smallest absolute Gasteiger partial charge is 0.273 e. The molecule has 2 fully saturated rings. The molecule has 0 spiro atoms. The van der Waals surface area contributed by atoms with E-state index in [1.807, 2.05) is 0 Å². The van der Waals surface area contributed by atoms with Gasteiger partial charge in [-0.15, -0.1) is 5.10 Å². The summed E-state index contributed by atoms with van der Waals surface area (Å²) >= 11 is 0. The van der Waals surface area contributed by atoms with Gasteiger partial charge in [-0.1, -0.05) is 18.1 Å². The molecule has 2 N–H and O–H groups in total. The molecule has 1 saturated carbocycles. The predicted octanol–water partition coefficient (Wildman–Crippen LogP) is 0.0266. The van der Waals surface area contributed by atoms with Gasteiger partial charge in [-0.25, -0.2) is 4.68 Å². The zero-order chi connectivity index (χ0) is 14.7. The van der Waals surface area contributed by atoms with E-state index in [1.54, 1.807) is 10.9 Å². The Bertz CT molecular complexity index is 478. The first kappa shape index (κ1) is 14.5. The van der Waals surface area contributed by atoms with Crippen molar-refractivity contribution in [1.29, 1.82) is 0 Å². The lowest BCUT2D eigenvalue weighted by Gasteiger charge is -2.26. The second-order valence-electron chi connectivity index (χ2n) is 6.07. The summed E-state index contributed by atoms with van der Waals surface area (Å²) < 4.78 is 1.77. The van der Waals surface area contributed by atoms with Gasteiger partial charge in [0.1, 0.15) is 0 Å². The maximum atomic E-state index is 12.0. The van der Waals surface area contributed by atoms with Gasteiger partial charge in [0.2, 0.25) is 0 Å². The SMILES string of the molecule is CN(CCNC(=O)c1cn(C2CNC2)nn1)C1CCCC1. The Hall–Kier alpha value is -1.47. The molecular formula is C14H24N6O. The van der Waals surface area contributed by atoms with Crippen LogP contribution < -0.4 is 10.6 Å². The number of carbonyl (C=O) groups is 1. The largest absolute Gasteiger partial charge is 0.349 e. The highest BCUT2D eigenvalue weighted by atomic mass is 16.2.